The number of aromatic nitrogens is 4. The number of benzene rings is 4. The molecule has 0 aliphatic carbocycles. The predicted octanol–water partition coefficient (Wildman–Crippen LogP) is 11.4. The monoisotopic (exact) mass is 1030 g/mol. The van der Waals surface area contributed by atoms with Gasteiger partial charge in [-0.3, -0.25) is 19.1 Å². The molecule has 0 amide bonds. The van der Waals surface area contributed by atoms with Crippen molar-refractivity contribution < 1.29 is 55.7 Å². The quantitative estimate of drug-likeness (QED) is 0.0191. The molecule has 8 aromatic rings. The van der Waals surface area contributed by atoms with Gasteiger partial charge in [0.15, 0.2) is 11.6 Å². The van der Waals surface area contributed by atoms with Gasteiger partial charge in [0.25, 0.3) is 0 Å². The minimum Gasteiger partial charge on any atom is -0.494 e. The third kappa shape index (κ3) is 11.3. The number of aryl methyl sites for hydroxylation is 7. The molecule has 0 spiro atoms. The topological polar surface area (TPSA) is 237 Å². The smallest absolute Gasteiger partial charge is 0.394 e. The molecule has 0 bridgehead atoms. The molecule has 0 radical (unpaired) electrons. The third-order valence-electron chi connectivity index (χ3n) is 13.0. The van der Waals surface area contributed by atoms with Gasteiger partial charge in [-0.2, -0.15) is 17.6 Å². The largest absolute Gasteiger partial charge is 0.494 e. The lowest BCUT2D eigenvalue weighted by Crippen LogP contribution is -2.20. The minimum absolute atomic E-state index is 0.120. The summed E-state index contributed by atoms with van der Waals surface area (Å²) in [6.07, 6.45) is 0.579. The van der Waals surface area contributed by atoms with Gasteiger partial charge in [0, 0.05) is 46.8 Å². The van der Waals surface area contributed by atoms with Crippen LogP contribution in [0.25, 0.3) is 43.6 Å². The Hall–Kier alpha value is -6.26. The first kappa shape index (κ1) is 52.1. The number of pyridine rings is 4. The average Bonchev–Trinajstić information content (AvgIpc) is 3.30. The molecule has 0 fully saturated rings. The van der Waals surface area contributed by atoms with Gasteiger partial charge in [-0.05, 0) is 165 Å². The molecule has 0 aliphatic heterocycles. The highest BCUT2D eigenvalue weighted by atomic mass is 31.2. The van der Waals surface area contributed by atoms with E-state index < -0.39 is 58.3 Å². The maximum absolute atomic E-state index is 15.2. The van der Waals surface area contributed by atoms with Crippen LogP contribution >= 0.6 is 15.2 Å². The van der Waals surface area contributed by atoms with Crippen molar-refractivity contribution in [1.29, 1.82) is 0 Å². The first-order valence-electron chi connectivity index (χ1n) is 23.2. The van der Waals surface area contributed by atoms with Crippen LogP contribution in [0.1, 0.15) is 81.9 Å². The van der Waals surface area contributed by atoms with Gasteiger partial charge in [-0.1, -0.05) is 30.3 Å². The normalized spacial score (nSPS) is 13.1. The fourth-order valence-electron chi connectivity index (χ4n) is 9.00. The van der Waals surface area contributed by atoms with E-state index in [0.717, 1.165) is 60.4 Å². The van der Waals surface area contributed by atoms with Crippen molar-refractivity contribution in [3.63, 3.8) is 0 Å². The van der Waals surface area contributed by atoms with Gasteiger partial charge in [0.2, 0.25) is 0 Å². The van der Waals surface area contributed by atoms with Crippen molar-refractivity contribution >= 4 is 70.4 Å². The lowest BCUT2D eigenvalue weighted by atomic mass is 9.90. The summed E-state index contributed by atoms with van der Waals surface area (Å²) in [4.78, 5) is 55.9. The van der Waals surface area contributed by atoms with E-state index in [9.17, 15) is 27.7 Å². The van der Waals surface area contributed by atoms with Crippen molar-refractivity contribution in [3.8, 4) is 11.5 Å². The van der Waals surface area contributed by atoms with E-state index in [1.54, 1.807) is 37.5 Å². The Kier molecular flexibility index (Phi) is 14.7. The molecule has 1 atom stereocenters. The van der Waals surface area contributed by atoms with Crippen LogP contribution in [0.3, 0.4) is 0 Å². The number of ether oxygens (including phenoxy) is 2. The van der Waals surface area contributed by atoms with E-state index in [2.05, 4.69) is 26.0 Å². The molecular formula is C52H54F4N6O8P2. The van der Waals surface area contributed by atoms with Crippen LogP contribution < -0.4 is 20.9 Å². The van der Waals surface area contributed by atoms with Crippen molar-refractivity contribution in [2.45, 2.75) is 96.5 Å². The number of nitrogen functional groups attached to an aromatic ring is 2. The number of rotatable bonds is 19. The van der Waals surface area contributed by atoms with Crippen LogP contribution in [-0.2, 0) is 34.8 Å². The lowest BCUT2D eigenvalue weighted by molar-refractivity contribution is 0.0355. The zero-order valence-electron chi connectivity index (χ0n) is 39.9. The summed E-state index contributed by atoms with van der Waals surface area (Å²) < 4.78 is 94.5. The lowest BCUT2D eigenvalue weighted by Gasteiger charge is -2.27. The highest BCUT2D eigenvalue weighted by molar-refractivity contribution is 7.53. The second-order valence-electron chi connectivity index (χ2n) is 18.4. The van der Waals surface area contributed by atoms with Crippen molar-refractivity contribution in [1.82, 2.24) is 19.9 Å². The first-order chi connectivity index (χ1) is 33.9. The summed E-state index contributed by atoms with van der Waals surface area (Å²) in [7, 11) is -11.6. The van der Waals surface area contributed by atoms with Crippen molar-refractivity contribution in [2.24, 2.45) is 0 Å². The third-order valence-corrected chi connectivity index (χ3v) is 15.1. The van der Waals surface area contributed by atoms with Gasteiger partial charge in [0.05, 0.1) is 17.6 Å². The molecule has 4 aromatic heterocycles. The zero-order valence-corrected chi connectivity index (χ0v) is 41.7. The highest BCUT2D eigenvalue weighted by Gasteiger charge is 2.49. The Morgan fingerprint density at radius 3 is 1.68 bits per heavy atom. The van der Waals surface area contributed by atoms with E-state index in [0.29, 0.717) is 58.3 Å². The minimum atomic E-state index is -5.91. The van der Waals surface area contributed by atoms with Crippen molar-refractivity contribution in [3.05, 3.63) is 141 Å². The number of alkyl halides is 4. The summed E-state index contributed by atoms with van der Waals surface area (Å²) in [6.45, 7) is 7.17. The predicted molar refractivity (Wildman–Crippen MR) is 271 cm³/mol. The Labute approximate surface area is 412 Å². The number of nitrogens with two attached hydrogens (primary N) is 2. The molecule has 0 saturated carbocycles. The molecule has 0 aliphatic rings. The molecule has 4 aromatic carbocycles. The second-order valence-corrected chi connectivity index (χ2v) is 21.9. The molecule has 8 rings (SSSR count). The maximum atomic E-state index is 15.2. The SMILES string of the molecule is Cc1ccc2c(c1)nc(N)c1ncc(CCc3ccc(OC(CCC(F)(F)P(=O)(O)O)c4cc(OCCCC(F)(F)P(=O)(O)O)cc(C)c4CCc4cnc5c(N)nc6cc(C)ccc6c5c4)cc3C)cc12. The summed E-state index contributed by atoms with van der Waals surface area (Å²) in [5.74, 6) is 0.999. The Morgan fingerprint density at radius 1 is 0.611 bits per heavy atom. The number of hydrogen-bond acceptors (Lipinski definition) is 10. The fourth-order valence-corrected chi connectivity index (χ4v) is 9.87. The van der Waals surface area contributed by atoms with Gasteiger partial charge < -0.3 is 40.5 Å². The van der Waals surface area contributed by atoms with E-state index in [-0.39, 0.29) is 30.3 Å². The van der Waals surface area contributed by atoms with E-state index in [1.807, 2.05) is 69.3 Å². The highest BCUT2D eigenvalue weighted by Crippen LogP contribution is 2.56. The Morgan fingerprint density at radius 2 is 1.14 bits per heavy atom. The number of anilines is 2. The summed E-state index contributed by atoms with van der Waals surface area (Å²) in [5.41, 5.74) is 13.7. The van der Waals surface area contributed by atoms with Crippen molar-refractivity contribution in [2.75, 3.05) is 18.1 Å². The first-order valence-corrected chi connectivity index (χ1v) is 26.4. The van der Waals surface area contributed by atoms with Crippen LogP contribution in [-0.4, -0.2) is 57.4 Å². The molecule has 8 N–H and O–H groups in total. The molecule has 4 heterocycles. The molecule has 378 valence electrons. The fraction of sp³-hybridized carbons (Fsp3) is 0.308. The Bertz CT molecular complexity index is 3480. The summed E-state index contributed by atoms with van der Waals surface area (Å²) >= 11 is 0. The average molecular weight is 1030 g/mol. The van der Waals surface area contributed by atoms with Crippen LogP contribution in [0.15, 0.2) is 91.3 Å². The van der Waals surface area contributed by atoms with Gasteiger partial charge in [-0.25, -0.2) is 9.97 Å². The van der Waals surface area contributed by atoms with Gasteiger partial charge in [-0.15, -0.1) is 0 Å². The molecular weight excluding hydrogens is 975 g/mol. The van der Waals surface area contributed by atoms with Crippen LogP contribution in [0, 0.1) is 27.7 Å². The summed E-state index contributed by atoms with van der Waals surface area (Å²) in [6, 6.07) is 24.3. The van der Waals surface area contributed by atoms with E-state index in [4.69, 9.17) is 30.7 Å². The standard InChI is InChI=1S/C52H54F4N6O8P2/c1-29-6-13-39-42-24-33(27-59-47(42)49(57)61-44(39)20-29)8-10-35-11-12-36(22-31(35)3)70-46(16-18-52(55,56)72(66,67)68)41-26-37(69-19-5-17-51(53,54)71(63,64)65)23-32(4)38(41)15-9-34-25-43-40-14-7-30(2)21-45(40)62-50(58)48(43)60-28-34/h6-7,11-14,20-28,46H,5,8-10,15-19H2,1-4H3,(H2,57,61)(H2,58,62)(H2,63,64,65)(H2,66,67,68). The molecule has 1 unspecified atom stereocenters. The van der Waals surface area contributed by atoms with Gasteiger partial charge >= 0.3 is 26.5 Å². The zero-order chi connectivity index (χ0) is 51.9. The molecule has 20 heteroatoms. The Balaban J connectivity index is 1.11. The van der Waals surface area contributed by atoms with Crippen LogP contribution in [0.5, 0.6) is 11.5 Å². The summed E-state index contributed by atoms with van der Waals surface area (Å²) in [5, 5.41) is 3.44. The number of halogens is 4. The van der Waals surface area contributed by atoms with Crippen LogP contribution in [0.2, 0.25) is 0 Å². The van der Waals surface area contributed by atoms with E-state index >= 15 is 8.78 Å². The van der Waals surface area contributed by atoms with E-state index in [1.165, 1.54) is 6.07 Å². The molecule has 14 nitrogen and oxygen atoms in total. The van der Waals surface area contributed by atoms with Crippen LogP contribution in [0.4, 0.5) is 29.2 Å². The second kappa shape index (κ2) is 20.3. The molecule has 72 heavy (non-hydrogen) atoms. The maximum Gasteiger partial charge on any atom is 0.394 e. The number of fused-ring (bicyclic) bond motifs is 6. The number of hydrogen-bond donors (Lipinski definition) is 6. The molecule has 0 saturated heterocycles. The number of nitrogens with zero attached hydrogens (tertiary/aromatic N) is 4. The van der Waals surface area contributed by atoms with Gasteiger partial charge in [0.1, 0.15) is 28.6 Å².